The third-order valence-corrected chi connectivity index (χ3v) is 3.43. The van der Waals surface area contributed by atoms with Crippen molar-refractivity contribution in [3.05, 3.63) is 28.1 Å². The Morgan fingerprint density at radius 2 is 2.40 bits per heavy atom. The lowest BCUT2D eigenvalue weighted by molar-refractivity contribution is -0.380. The average molecular weight is 298 g/mol. The molecular formula is C11H14N4O4S. The summed E-state index contributed by atoms with van der Waals surface area (Å²) >= 11 is 0.973. The fraction of sp³-hybridized carbons (Fsp3) is 0.455. The van der Waals surface area contributed by atoms with Crippen molar-refractivity contribution < 1.29 is 14.2 Å². The molecule has 0 amide bonds. The Bertz CT molecular complexity index is 582. The van der Waals surface area contributed by atoms with Crippen LogP contribution in [-0.4, -0.2) is 28.3 Å². The molecule has 0 bridgehead atoms. The summed E-state index contributed by atoms with van der Waals surface area (Å²) in [6.07, 6.45) is 0.906. The number of thiophene rings is 1. The lowest BCUT2D eigenvalue weighted by Crippen LogP contribution is -2.18. The van der Waals surface area contributed by atoms with Crippen molar-refractivity contribution in [1.29, 1.82) is 0 Å². The fourth-order valence-corrected chi connectivity index (χ4v) is 2.20. The van der Waals surface area contributed by atoms with Crippen LogP contribution in [0.5, 0.6) is 0 Å². The topological polar surface area (TPSA) is 117 Å². The average Bonchev–Trinajstić information content (AvgIpc) is 3.07. The summed E-state index contributed by atoms with van der Waals surface area (Å²) in [4.78, 5) is 14.8. The number of nitro groups is 1. The molecule has 0 saturated carbocycles. The minimum atomic E-state index is -0.478. The van der Waals surface area contributed by atoms with Crippen molar-refractivity contribution in [2.75, 3.05) is 13.2 Å². The predicted molar refractivity (Wildman–Crippen MR) is 72.3 cm³/mol. The number of nitrogens with zero attached hydrogens (tertiary/aromatic N) is 3. The Morgan fingerprint density at radius 3 is 3.05 bits per heavy atom. The van der Waals surface area contributed by atoms with Crippen molar-refractivity contribution in [1.82, 2.24) is 10.1 Å². The molecule has 9 heteroatoms. The first-order valence-electron chi connectivity index (χ1n) is 6.03. The fourth-order valence-electron chi connectivity index (χ4n) is 1.46. The molecule has 0 fully saturated rings. The lowest BCUT2D eigenvalue weighted by atomic mass is 10.3. The Hall–Kier alpha value is -1.84. The maximum Gasteiger partial charge on any atom is 0.324 e. The van der Waals surface area contributed by atoms with E-state index in [1.165, 1.54) is 6.07 Å². The first-order chi connectivity index (χ1) is 9.61. The summed E-state index contributed by atoms with van der Waals surface area (Å²) in [5.41, 5.74) is 5.87. The standard InChI is InChI=1S/C11H14N4O4S/c1-2-5-18-6-7(12)10-13-11(19-14-10)8-3-4-9(20-8)15(16)17/h3-4,7H,2,5-6,12H2,1H3. The summed E-state index contributed by atoms with van der Waals surface area (Å²) in [5, 5.41) is 14.4. The smallest absolute Gasteiger partial charge is 0.324 e. The quantitative estimate of drug-likeness (QED) is 0.472. The van der Waals surface area contributed by atoms with Crippen molar-refractivity contribution in [3.8, 4) is 10.8 Å². The number of hydrogen-bond donors (Lipinski definition) is 1. The first kappa shape index (κ1) is 14.6. The number of ether oxygens (including phenoxy) is 1. The highest BCUT2D eigenvalue weighted by Gasteiger charge is 2.19. The predicted octanol–water partition coefficient (Wildman–Crippen LogP) is 2.13. The highest BCUT2D eigenvalue weighted by atomic mass is 32.1. The summed E-state index contributed by atoms with van der Waals surface area (Å²) in [6.45, 7) is 2.93. The SMILES string of the molecule is CCCOCC(N)c1noc(-c2ccc([N+](=O)[O-])s2)n1. The molecule has 0 spiro atoms. The first-order valence-corrected chi connectivity index (χ1v) is 6.85. The van der Waals surface area contributed by atoms with Crippen LogP contribution in [0.25, 0.3) is 10.8 Å². The summed E-state index contributed by atoms with van der Waals surface area (Å²) in [6, 6.07) is 2.49. The van der Waals surface area contributed by atoms with Crippen LogP contribution in [-0.2, 0) is 4.74 Å². The van der Waals surface area contributed by atoms with Gasteiger partial charge in [0.15, 0.2) is 5.82 Å². The molecule has 2 rings (SSSR count). The van der Waals surface area contributed by atoms with Crippen LogP contribution in [0.1, 0.15) is 25.2 Å². The van der Waals surface area contributed by atoms with Crippen molar-refractivity contribution in [2.45, 2.75) is 19.4 Å². The van der Waals surface area contributed by atoms with E-state index in [0.29, 0.717) is 23.9 Å². The van der Waals surface area contributed by atoms with Gasteiger partial charge in [-0.15, -0.1) is 0 Å². The van der Waals surface area contributed by atoms with Crippen LogP contribution >= 0.6 is 11.3 Å². The lowest BCUT2D eigenvalue weighted by Gasteiger charge is -2.06. The Labute approximate surface area is 118 Å². The van der Waals surface area contributed by atoms with Gasteiger partial charge in [0.25, 0.3) is 5.89 Å². The molecule has 0 saturated heterocycles. The van der Waals surface area contributed by atoms with Crippen LogP contribution < -0.4 is 5.73 Å². The molecule has 2 aromatic heterocycles. The summed E-state index contributed by atoms with van der Waals surface area (Å²) in [5.74, 6) is 0.552. The minimum Gasteiger partial charge on any atom is -0.379 e. The van der Waals surface area contributed by atoms with Gasteiger partial charge >= 0.3 is 5.00 Å². The zero-order chi connectivity index (χ0) is 14.5. The number of aromatic nitrogens is 2. The molecule has 8 nitrogen and oxygen atoms in total. The Morgan fingerprint density at radius 1 is 1.60 bits per heavy atom. The van der Waals surface area contributed by atoms with Crippen LogP contribution in [0.2, 0.25) is 0 Å². The Kier molecular flexibility index (Phi) is 4.77. The van der Waals surface area contributed by atoms with Gasteiger partial charge < -0.3 is 15.0 Å². The zero-order valence-electron chi connectivity index (χ0n) is 10.8. The molecule has 0 aromatic carbocycles. The second-order valence-corrected chi connectivity index (χ2v) is 5.10. The van der Waals surface area contributed by atoms with Gasteiger partial charge in [0.05, 0.1) is 22.4 Å². The van der Waals surface area contributed by atoms with Crippen LogP contribution in [0.4, 0.5) is 5.00 Å². The highest BCUT2D eigenvalue weighted by molar-refractivity contribution is 7.18. The van der Waals surface area contributed by atoms with Gasteiger partial charge in [0.1, 0.15) is 0 Å². The van der Waals surface area contributed by atoms with Gasteiger partial charge in [-0.3, -0.25) is 10.1 Å². The van der Waals surface area contributed by atoms with E-state index in [0.717, 1.165) is 17.8 Å². The maximum atomic E-state index is 10.6. The molecule has 108 valence electrons. The monoisotopic (exact) mass is 298 g/mol. The third-order valence-electron chi connectivity index (χ3n) is 2.40. The van der Waals surface area contributed by atoms with E-state index in [1.54, 1.807) is 6.07 Å². The zero-order valence-corrected chi connectivity index (χ0v) is 11.6. The van der Waals surface area contributed by atoms with E-state index in [2.05, 4.69) is 10.1 Å². The van der Waals surface area contributed by atoms with E-state index in [-0.39, 0.29) is 10.9 Å². The molecule has 2 heterocycles. The number of rotatable bonds is 7. The second kappa shape index (κ2) is 6.55. The third kappa shape index (κ3) is 3.38. The molecule has 0 aliphatic heterocycles. The van der Waals surface area contributed by atoms with E-state index < -0.39 is 11.0 Å². The van der Waals surface area contributed by atoms with Crippen LogP contribution in [0.3, 0.4) is 0 Å². The minimum absolute atomic E-state index is 0.0235. The van der Waals surface area contributed by atoms with Crippen molar-refractivity contribution in [2.24, 2.45) is 5.73 Å². The molecule has 0 aliphatic rings. The molecule has 1 unspecified atom stereocenters. The summed E-state index contributed by atoms with van der Waals surface area (Å²) in [7, 11) is 0. The molecule has 0 radical (unpaired) electrons. The van der Waals surface area contributed by atoms with Gasteiger partial charge in [0, 0.05) is 12.7 Å². The van der Waals surface area contributed by atoms with Crippen LogP contribution in [0.15, 0.2) is 16.7 Å². The van der Waals surface area contributed by atoms with Crippen molar-refractivity contribution in [3.63, 3.8) is 0 Å². The molecule has 2 N–H and O–H groups in total. The van der Waals surface area contributed by atoms with E-state index in [9.17, 15) is 10.1 Å². The van der Waals surface area contributed by atoms with Gasteiger partial charge in [0.2, 0.25) is 0 Å². The van der Waals surface area contributed by atoms with E-state index >= 15 is 0 Å². The normalized spacial score (nSPS) is 12.5. The largest absolute Gasteiger partial charge is 0.379 e. The second-order valence-electron chi connectivity index (χ2n) is 4.03. The van der Waals surface area contributed by atoms with Gasteiger partial charge in [-0.25, -0.2) is 0 Å². The molecular weight excluding hydrogens is 284 g/mol. The number of hydrogen-bond acceptors (Lipinski definition) is 8. The van der Waals surface area contributed by atoms with Crippen LogP contribution in [0, 0.1) is 10.1 Å². The van der Waals surface area contributed by atoms with Gasteiger partial charge in [-0.05, 0) is 12.5 Å². The van der Waals surface area contributed by atoms with E-state index in [4.69, 9.17) is 15.0 Å². The van der Waals surface area contributed by atoms with E-state index in [1.807, 2.05) is 6.92 Å². The van der Waals surface area contributed by atoms with Crippen molar-refractivity contribution >= 4 is 16.3 Å². The maximum absolute atomic E-state index is 10.6. The Balaban J connectivity index is 2.05. The molecule has 0 aliphatic carbocycles. The van der Waals surface area contributed by atoms with Gasteiger partial charge in [-0.2, -0.15) is 4.98 Å². The summed E-state index contributed by atoms with van der Waals surface area (Å²) < 4.78 is 10.4. The molecule has 2 aromatic rings. The molecule has 20 heavy (non-hydrogen) atoms. The highest BCUT2D eigenvalue weighted by Crippen LogP contribution is 2.31. The number of nitrogens with two attached hydrogens (primary N) is 1. The molecule has 1 atom stereocenters. The van der Waals surface area contributed by atoms with Gasteiger partial charge in [-0.1, -0.05) is 23.4 Å².